The molecule has 0 aliphatic rings. The lowest BCUT2D eigenvalue weighted by Gasteiger charge is -2.22. The Morgan fingerprint density at radius 1 is 1.00 bits per heavy atom. The topological polar surface area (TPSA) is 95.5 Å². The van der Waals surface area contributed by atoms with E-state index in [1.54, 1.807) is 0 Å². The van der Waals surface area contributed by atoms with Crippen LogP contribution in [-0.4, -0.2) is 34.5 Å². The van der Waals surface area contributed by atoms with Crippen LogP contribution in [0.1, 0.15) is 32.3 Å². The molecule has 1 aromatic rings. The third-order valence-electron chi connectivity index (χ3n) is 2.94. The Morgan fingerprint density at radius 2 is 1.52 bits per heavy atom. The minimum Gasteiger partial charge on any atom is -0.421 e. The summed E-state index contributed by atoms with van der Waals surface area (Å²) in [5.41, 5.74) is -11.2. The first-order valence-electron chi connectivity index (χ1n) is 8.00. The van der Waals surface area contributed by atoms with Gasteiger partial charge in [0, 0.05) is 24.7 Å². The van der Waals surface area contributed by atoms with E-state index in [1.165, 1.54) is 18.4 Å². The Kier molecular flexibility index (Phi) is 10.5. The summed E-state index contributed by atoms with van der Waals surface area (Å²) in [5.74, 6) is 0. The lowest BCUT2D eigenvalue weighted by atomic mass is 10.3. The number of ether oxygens (including phenoxy) is 1. The zero-order chi connectivity index (χ0) is 22.9. The van der Waals surface area contributed by atoms with Gasteiger partial charge in [-0.15, -0.1) is 0 Å². The van der Waals surface area contributed by atoms with E-state index < -0.39 is 31.1 Å². The van der Waals surface area contributed by atoms with Crippen molar-refractivity contribution in [1.29, 1.82) is 0 Å². The van der Waals surface area contributed by atoms with E-state index in [0.717, 1.165) is 23.9 Å². The third kappa shape index (κ3) is 9.73. The van der Waals surface area contributed by atoms with Gasteiger partial charge in [-0.3, -0.25) is 0 Å². The van der Waals surface area contributed by atoms with Crippen LogP contribution in [0.25, 0.3) is 4.13 Å². The molecule has 0 aromatic carbocycles. The highest BCUT2D eigenvalue weighted by atomic mass is 32.3. The summed E-state index contributed by atoms with van der Waals surface area (Å²) in [6, 6.07) is 4.20. The van der Waals surface area contributed by atoms with Crippen molar-refractivity contribution < 1.29 is 52.5 Å². The number of pyridine rings is 1. The monoisotopic (exact) mass is 474 g/mol. The third-order valence-corrected chi connectivity index (χ3v) is 5.68. The van der Waals surface area contributed by atoms with Crippen LogP contribution in [0.3, 0.4) is 0 Å². The zero-order valence-corrected chi connectivity index (χ0v) is 17.0. The maximum Gasteiger partial charge on any atom is 0.480 e. The molecule has 1 heterocycles. The highest BCUT2D eigenvalue weighted by Gasteiger charge is 2.46. The van der Waals surface area contributed by atoms with E-state index in [0.29, 0.717) is 0 Å². The van der Waals surface area contributed by atoms with E-state index in [9.17, 15) is 43.2 Å². The lowest BCUT2D eigenvalue weighted by molar-refractivity contribution is -0.697. The second-order valence-corrected chi connectivity index (χ2v) is 8.78. The molecule has 1 rings (SSSR count). The van der Waals surface area contributed by atoms with E-state index in [2.05, 4.69) is 36.0 Å². The molecule has 0 spiro atoms. The van der Waals surface area contributed by atoms with E-state index in [1.807, 2.05) is 6.92 Å². The number of hydrogen-bond acceptors (Lipinski definition) is 5. The summed E-state index contributed by atoms with van der Waals surface area (Å²) in [4.78, 5) is 0. The van der Waals surface area contributed by atoms with Crippen molar-refractivity contribution in [3.05, 3.63) is 34.2 Å². The number of nitrogens with zero attached hydrogens (tertiary/aromatic N) is 2. The van der Waals surface area contributed by atoms with Crippen LogP contribution in [0.15, 0.2) is 24.5 Å². The van der Waals surface area contributed by atoms with Crippen molar-refractivity contribution in [2.75, 3.05) is 6.61 Å². The predicted octanol–water partition coefficient (Wildman–Crippen LogP) is 3.37. The average molecular weight is 474 g/mol. The number of aryl methyl sites for hydroxylation is 1. The van der Waals surface area contributed by atoms with E-state index >= 15 is 0 Å². The first-order valence-corrected chi connectivity index (χ1v) is 10.9. The molecular weight excluding hydrogens is 454 g/mol. The molecule has 0 saturated carbocycles. The van der Waals surface area contributed by atoms with Crippen LogP contribution >= 0.6 is 0 Å². The van der Waals surface area contributed by atoms with Gasteiger partial charge in [-0.1, -0.05) is 13.3 Å². The summed E-state index contributed by atoms with van der Waals surface area (Å²) in [6.45, 7) is 6.85. The molecule has 170 valence electrons. The summed E-state index contributed by atoms with van der Waals surface area (Å²) in [6.07, 6.45) is 6.77. The highest BCUT2D eigenvalue weighted by molar-refractivity contribution is 8.13. The number of sulfonamides is 2. The standard InChI is InChI=1S/C12H20NO.C2F6NO4S2/c1-3-5-8-13-9-6-7-12(10-13)11-14-4-2;3-1(4,5)14(10,11)9-15(12,13)2(6,7)8/h6-7,9-10H,3-5,8,11H2,1-2H3;/q+1;-1. The van der Waals surface area contributed by atoms with Crippen LogP contribution in [0.2, 0.25) is 0 Å². The van der Waals surface area contributed by atoms with E-state index in [4.69, 9.17) is 4.74 Å². The minimum absolute atomic E-state index is 0.726. The van der Waals surface area contributed by atoms with Crippen LogP contribution in [0, 0.1) is 0 Å². The summed E-state index contributed by atoms with van der Waals surface area (Å²) in [5, 5.41) is 0. The average Bonchev–Trinajstić information content (AvgIpc) is 2.56. The molecule has 0 atom stereocenters. The van der Waals surface area contributed by atoms with Gasteiger partial charge in [0.1, 0.15) is 6.54 Å². The summed E-state index contributed by atoms with van der Waals surface area (Å²) in [7, 11) is -13.4. The van der Waals surface area contributed by atoms with Gasteiger partial charge in [0.05, 0.1) is 6.61 Å². The molecule has 0 unspecified atom stereocenters. The molecule has 0 amide bonds. The normalized spacial score (nSPS) is 13.0. The van der Waals surface area contributed by atoms with Gasteiger partial charge < -0.3 is 8.86 Å². The lowest BCUT2D eigenvalue weighted by Crippen LogP contribution is -2.33. The van der Waals surface area contributed by atoms with E-state index in [-0.39, 0.29) is 0 Å². The zero-order valence-electron chi connectivity index (χ0n) is 15.4. The van der Waals surface area contributed by atoms with Gasteiger partial charge >= 0.3 is 11.0 Å². The van der Waals surface area contributed by atoms with Gasteiger partial charge in [-0.25, -0.2) is 21.4 Å². The molecule has 0 N–H and O–H groups in total. The van der Waals surface area contributed by atoms with Crippen molar-refractivity contribution in [2.24, 2.45) is 0 Å². The SMILES string of the molecule is CCCC[n+]1cccc(COCC)c1.O=S(=O)([N-]S(=O)(=O)C(F)(F)F)C(F)(F)F. The number of halogens is 6. The fourth-order valence-corrected chi connectivity index (χ4v) is 3.28. The van der Waals surface area contributed by atoms with Crippen LogP contribution in [0.4, 0.5) is 26.3 Å². The molecule has 0 saturated heterocycles. The number of hydrogen-bond donors (Lipinski definition) is 0. The molecule has 0 aliphatic heterocycles. The largest absolute Gasteiger partial charge is 0.480 e. The number of unbranched alkanes of at least 4 members (excludes halogenated alkanes) is 1. The number of alkyl halides is 6. The number of rotatable bonds is 8. The van der Waals surface area contributed by atoms with Crippen molar-refractivity contribution in [3.63, 3.8) is 0 Å². The molecule has 0 radical (unpaired) electrons. The van der Waals surface area contributed by atoms with Crippen LogP contribution in [0.5, 0.6) is 0 Å². The molecule has 29 heavy (non-hydrogen) atoms. The molecular formula is C14H20F6N2O5S2. The van der Waals surface area contributed by atoms with Gasteiger partial charge in [-0.05, 0) is 13.0 Å². The van der Waals surface area contributed by atoms with Crippen molar-refractivity contribution in [1.82, 2.24) is 0 Å². The Labute approximate surface area is 164 Å². The van der Waals surface area contributed by atoms with Gasteiger partial charge in [0.15, 0.2) is 32.4 Å². The smallest absolute Gasteiger partial charge is 0.421 e. The first kappa shape index (κ1) is 27.5. The summed E-state index contributed by atoms with van der Waals surface area (Å²) < 4.78 is 117. The molecule has 0 fully saturated rings. The van der Waals surface area contributed by atoms with Gasteiger partial charge in [-0.2, -0.15) is 26.3 Å². The Balaban J connectivity index is 0.000000541. The second-order valence-electron chi connectivity index (χ2n) is 5.36. The van der Waals surface area contributed by atoms with Crippen LogP contribution in [-0.2, 0) is 37.9 Å². The van der Waals surface area contributed by atoms with Crippen molar-refractivity contribution in [3.8, 4) is 0 Å². The molecule has 0 aliphatic carbocycles. The molecule has 7 nitrogen and oxygen atoms in total. The maximum absolute atomic E-state index is 11.4. The minimum atomic E-state index is -6.72. The fraction of sp³-hybridized carbons (Fsp3) is 0.643. The molecule has 1 aromatic heterocycles. The number of aromatic nitrogens is 1. The fourth-order valence-electron chi connectivity index (χ4n) is 1.58. The summed E-state index contributed by atoms with van der Waals surface area (Å²) >= 11 is 0. The van der Waals surface area contributed by atoms with Gasteiger partial charge in [0.25, 0.3) is 0 Å². The Morgan fingerprint density at radius 3 is 1.93 bits per heavy atom. The van der Waals surface area contributed by atoms with Gasteiger partial charge in [0.2, 0.25) is 0 Å². The quantitative estimate of drug-likeness (QED) is 0.425. The molecule has 0 bridgehead atoms. The van der Waals surface area contributed by atoms with Crippen molar-refractivity contribution >= 4 is 20.0 Å². The Hall–Kier alpha value is -1.45. The first-order chi connectivity index (χ1) is 13.1. The molecule has 15 heteroatoms. The second kappa shape index (κ2) is 11.1. The predicted molar refractivity (Wildman–Crippen MR) is 90.2 cm³/mol. The Bertz CT molecular complexity index is 774. The van der Waals surface area contributed by atoms with Crippen LogP contribution < -0.4 is 4.57 Å². The van der Waals surface area contributed by atoms with Crippen molar-refractivity contribution in [2.45, 2.75) is 50.9 Å². The maximum atomic E-state index is 11.4. The highest BCUT2D eigenvalue weighted by Crippen LogP contribution is 2.36.